The summed E-state index contributed by atoms with van der Waals surface area (Å²) in [5.41, 5.74) is 1.65. The van der Waals surface area contributed by atoms with E-state index in [0.717, 1.165) is 11.3 Å². The molecule has 0 saturated carbocycles. The molecule has 1 aromatic carbocycles. The van der Waals surface area contributed by atoms with E-state index in [1.54, 1.807) is 17.0 Å². The van der Waals surface area contributed by atoms with Crippen LogP contribution in [0.1, 0.15) is 12.5 Å². The first-order chi connectivity index (χ1) is 10.8. The Morgan fingerprint density at radius 2 is 2.00 bits per heavy atom. The molecular weight excluding hydrogens is 320 g/mol. The van der Waals surface area contributed by atoms with E-state index in [2.05, 4.69) is 0 Å². The number of hydrogen-bond donors (Lipinski definition) is 0. The normalized spacial score (nSPS) is 14.6. The van der Waals surface area contributed by atoms with Gasteiger partial charge in [0, 0.05) is 40.4 Å². The highest BCUT2D eigenvalue weighted by Gasteiger charge is 2.28. The van der Waals surface area contributed by atoms with Gasteiger partial charge in [0.15, 0.2) is 6.29 Å². The largest absolute Gasteiger partial charge is 0.355 e. The number of likely N-dealkylation sites (N-methyl/N-ethyl adjacent to an activating group) is 1. The van der Waals surface area contributed by atoms with E-state index >= 15 is 0 Å². The molecule has 1 aliphatic rings. The minimum atomic E-state index is -3.64. The van der Waals surface area contributed by atoms with Gasteiger partial charge in [-0.25, -0.2) is 8.42 Å². The molecule has 0 bridgehead atoms. The van der Waals surface area contributed by atoms with Crippen LogP contribution in [0.2, 0.25) is 0 Å². The lowest BCUT2D eigenvalue weighted by Crippen LogP contribution is -2.36. The molecule has 0 N–H and O–H groups in total. The Balaban J connectivity index is 2.26. The van der Waals surface area contributed by atoms with Crippen molar-refractivity contribution in [1.82, 2.24) is 4.31 Å². The zero-order valence-corrected chi connectivity index (χ0v) is 14.6. The summed E-state index contributed by atoms with van der Waals surface area (Å²) in [6, 6.07) is 4.85. The van der Waals surface area contributed by atoms with Crippen molar-refractivity contribution >= 4 is 21.6 Å². The number of ether oxygens (including phenoxy) is 2. The molecule has 2 rings (SSSR count). The highest BCUT2D eigenvalue weighted by molar-refractivity contribution is 7.89. The summed E-state index contributed by atoms with van der Waals surface area (Å²) in [6.45, 7) is 2.18. The second-order valence-corrected chi connectivity index (χ2v) is 7.44. The summed E-state index contributed by atoms with van der Waals surface area (Å²) < 4.78 is 36.6. The molecule has 0 aromatic heterocycles. The van der Waals surface area contributed by atoms with Crippen molar-refractivity contribution in [1.29, 1.82) is 0 Å². The first-order valence-electron chi connectivity index (χ1n) is 7.24. The first kappa shape index (κ1) is 17.9. The lowest BCUT2D eigenvalue weighted by atomic mass is 10.2. The summed E-state index contributed by atoms with van der Waals surface area (Å²) in [5.74, 6) is -0.0421. The summed E-state index contributed by atoms with van der Waals surface area (Å²) in [4.78, 5) is 13.4. The second-order valence-electron chi connectivity index (χ2n) is 5.40. The SMILES string of the molecule is COC(CN(C)S(=O)(=O)c1ccc2c(c1)CCN2C(C)=O)OC. The predicted molar refractivity (Wildman–Crippen MR) is 85.8 cm³/mol. The average molecular weight is 342 g/mol. The number of hydrogen-bond acceptors (Lipinski definition) is 5. The quantitative estimate of drug-likeness (QED) is 0.716. The van der Waals surface area contributed by atoms with Crippen LogP contribution >= 0.6 is 0 Å². The Labute approximate surface area is 136 Å². The van der Waals surface area contributed by atoms with Gasteiger partial charge in [0.2, 0.25) is 15.9 Å². The molecule has 0 unspecified atom stereocenters. The number of carbonyl (C=O) groups excluding carboxylic acids is 1. The maximum atomic E-state index is 12.6. The van der Waals surface area contributed by atoms with Crippen LogP contribution in [0.4, 0.5) is 5.69 Å². The van der Waals surface area contributed by atoms with Crippen molar-refractivity contribution in [3.63, 3.8) is 0 Å². The molecule has 0 radical (unpaired) electrons. The van der Waals surface area contributed by atoms with Crippen molar-refractivity contribution < 1.29 is 22.7 Å². The van der Waals surface area contributed by atoms with E-state index in [-0.39, 0.29) is 17.3 Å². The van der Waals surface area contributed by atoms with Crippen LogP contribution in [0.3, 0.4) is 0 Å². The minimum absolute atomic E-state index is 0.0421. The van der Waals surface area contributed by atoms with E-state index in [0.29, 0.717) is 13.0 Å². The summed E-state index contributed by atoms with van der Waals surface area (Å²) >= 11 is 0. The van der Waals surface area contributed by atoms with Gasteiger partial charge in [0.05, 0.1) is 11.4 Å². The molecule has 0 saturated heterocycles. The van der Waals surface area contributed by atoms with Gasteiger partial charge in [-0.2, -0.15) is 4.31 Å². The van der Waals surface area contributed by atoms with Gasteiger partial charge in [-0.15, -0.1) is 0 Å². The van der Waals surface area contributed by atoms with Crippen LogP contribution in [-0.2, 0) is 30.7 Å². The molecule has 1 aliphatic heterocycles. The van der Waals surface area contributed by atoms with Crippen molar-refractivity contribution in [2.45, 2.75) is 24.5 Å². The van der Waals surface area contributed by atoms with Crippen LogP contribution in [-0.4, -0.2) is 59.3 Å². The Morgan fingerprint density at radius 1 is 1.35 bits per heavy atom. The van der Waals surface area contributed by atoms with E-state index in [1.165, 1.54) is 38.6 Å². The molecule has 0 fully saturated rings. The van der Waals surface area contributed by atoms with Crippen LogP contribution in [0.5, 0.6) is 0 Å². The molecule has 1 aromatic rings. The van der Waals surface area contributed by atoms with Crippen molar-refractivity contribution in [2.24, 2.45) is 0 Å². The molecule has 0 aliphatic carbocycles. The molecule has 1 amide bonds. The number of amides is 1. The molecular formula is C15H22N2O5S. The van der Waals surface area contributed by atoms with E-state index in [9.17, 15) is 13.2 Å². The van der Waals surface area contributed by atoms with Crippen LogP contribution in [0.25, 0.3) is 0 Å². The van der Waals surface area contributed by atoms with Gasteiger partial charge in [0.1, 0.15) is 0 Å². The third kappa shape index (κ3) is 3.55. The maximum Gasteiger partial charge on any atom is 0.243 e. The van der Waals surface area contributed by atoms with E-state index < -0.39 is 16.3 Å². The third-order valence-electron chi connectivity index (χ3n) is 3.97. The monoisotopic (exact) mass is 342 g/mol. The number of fused-ring (bicyclic) bond motifs is 1. The third-order valence-corrected chi connectivity index (χ3v) is 5.79. The Kier molecular flexibility index (Phi) is 5.41. The number of sulfonamides is 1. The molecule has 128 valence electrons. The number of carbonyl (C=O) groups is 1. The van der Waals surface area contributed by atoms with Gasteiger partial charge in [-0.3, -0.25) is 4.79 Å². The number of anilines is 1. The summed E-state index contributed by atoms with van der Waals surface area (Å²) in [6.07, 6.45) is 0.0261. The van der Waals surface area contributed by atoms with Crippen LogP contribution in [0, 0.1) is 0 Å². The predicted octanol–water partition coefficient (Wildman–Crippen LogP) is 0.835. The lowest BCUT2D eigenvalue weighted by Gasteiger charge is -2.22. The molecule has 8 heteroatoms. The van der Waals surface area contributed by atoms with Gasteiger partial charge in [-0.1, -0.05) is 0 Å². The number of rotatable bonds is 6. The topological polar surface area (TPSA) is 76.2 Å². The molecule has 23 heavy (non-hydrogen) atoms. The van der Waals surface area contributed by atoms with Crippen molar-refractivity contribution in [2.75, 3.05) is 39.3 Å². The Bertz CT molecular complexity index is 685. The van der Waals surface area contributed by atoms with Gasteiger partial charge in [0.25, 0.3) is 0 Å². The fourth-order valence-electron chi connectivity index (χ4n) is 2.60. The smallest absolute Gasteiger partial charge is 0.243 e. The zero-order chi connectivity index (χ0) is 17.2. The van der Waals surface area contributed by atoms with Crippen molar-refractivity contribution in [3.05, 3.63) is 23.8 Å². The first-order valence-corrected chi connectivity index (χ1v) is 8.68. The van der Waals surface area contributed by atoms with Gasteiger partial charge >= 0.3 is 0 Å². The molecule has 1 heterocycles. The molecule has 0 spiro atoms. The van der Waals surface area contributed by atoms with Crippen molar-refractivity contribution in [3.8, 4) is 0 Å². The summed E-state index contributed by atoms with van der Waals surface area (Å²) in [7, 11) is 0.755. The van der Waals surface area contributed by atoms with Crippen LogP contribution in [0.15, 0.2) is 23.1 Å². The number of nitrogens with zero attached hydrogens (tertiary/aromatic N) is 2. The summed E-state index contributed by atoms with van der Waals surface area (Å²) in [5, 5.41) is 0. The fourth-order valence-corrected chi connectivity index (χ4v) is 3.81. The lowest BCUT2D eigenvalue weighted by molar-refractivity contribution is -0.116. The second kappa shape index (κ2) is 6.96. The maximum absolute atomic E-state index is 12.6. The number of methoxy groups -OCH3 is 2. The highest BCUT2D eigenvalue weighted by atomic mass is 32.2. The number of benzene rings is 1. The Morgan fingerprint density at radius 3 is 2.57 bits per heavy atom. The fraction of sp³-hybridized carbons (Fsp3) is 0.533. The van der Waals surface area contributed by atoms with Gasteiger partial charge in [-0.05, 0) is 30.2 Å². The molecule has 0 atom stereocenters. The minimum Gasteiger partial charge on any atom is -0.355 e. The Hall–Kier alpha value is -1.48. The van der Waals surface area contributed by atoms with E-state index in [4.69, 9.17) is 9.47 Å². The van der Waals surface area contributed by atoms with Gasteiger partial charge < -0.3 is 14.4 Å². The molecule has 7 nitrogen and oxygen atoms in total. The van der Waals surface area contributed by atoms with Crippen LogP contribution < -0.4 is 4.90 Å². The van der Waals surface area contributed by atoms with E-state index in [1.807, 2.05) is 0 Å². The zero-order valence-electron chi connectivity index (χ0n) is 13.8. The standard InChI is InChI=1S/C15H22N2O5S/c1-11(18)17-8-7-12-9-13(5-6-14(12)17)23(19,20)16(2)10-15(21-3)22-4/h5-6,9,15H,7-8,10H2,1-4H3. The highest BCUT2D eigenvalue weighted by Crippen LogP contribution is 2.31. The average Bonchev–Trinajstić information content (AvgIpc) is 2.95.